The summed E-state index contributed by atoms with van der Waals surface area (Å²) >= 11 is 5.71. The summed E-state index contributed by atoms with van der Waals surface area (Å²) in [6.45, 7) is 1.79. The van der Waals surface area contributed by atoms with E-state index in [0.29, 0.717) is 10.8 Å². The molecule has 0 spiro atoms. The van der Waals surface area contributed by atoms with Crippen molar-refractivity contribution in [3.63, 3.8) is 0 Å². The van der Waals surface area contributed by atoms with Crippen LogP contribution in [0.15, 0.2) is 12.3 Å². The van der Waals surface area contributed by atoms with Crippen molar-refractivity contribution in [3.05, 3.63) is 28.7 Å². The molecule has 0 unspecified atom stereocenters. The summed E-state index contributed by atoms with van der Waals surface area (Å²) in [4.78, 5) is 14.5. The highest BCUT2D eigenvalue weighted by atomic mass is 35.5. The van der Waals surface area contributed by atoms with Crippen LogP contribution < -0.4 is 0 Å². The molecule has 2 heterocycles. The molecule has 0 fully saturated rings. The zero-order valence-electron chi connectivity index (χ0n) is 7.23. The number of rotatable bonds is 1. The number of carboxylic acids is 1. The Morgan fingerprint density at radius 1 is 1.64 bits per heavy atom. The summed E-state index contributed by atoms with van der Waals surface area (Å²) in [6, 6.07) is 1.63. The first-order chi connectivity index (χ1) is 6.58. The number of hydrogen-bond acceptors (Lipinski definition) is 3. The van der Waals surface area contributed by atoms with Crippen LogP contribution in [0.1, 0.15) is 16.1 Å². The third kappa shape index (κ3) is 1.31. The number of nitrogens with zero attached hydrogens (tertiary/aromatic N) is 3. The number of halogens is 1. The van der Waals surface area contributed by atoms with Gasteiger partial charge in [-0.1, -0.05) is 11.6 Å². The summed E-state index contributed by atoms with van der Waals surface area (Å²) < 4.78 is 1.36. The Labute approximate surface area is 83.9 Å². The molecule has 14 heavy (non-hydrogen) atoms. The molecule has 2 aromatic rings. The van der Waals surface area contributed by atoms with Crippen molar-refractivity contribution in [2.24, 2.45) is 0 Å². The Morgan fingerprint density at radius 3 is 3.00 bits per heavy atom. The van der Waals surface area contributed by atoms with Crippen molar-refractivity contribution in [3.8, 4) is 0 Å². The molecule has 0 aliphatic carbocycles. The number of carboxylic acid groups (broad SMARTS) is 1. The van der Waals surface area contributed by atoms with Crippen molar-refractivity contribution in [1.29, 1.82) is 0 Å². The third-order valence-electron chi connectivity index (χ3n) is 1.80. The lowest BCUT2D eigenvalue weighted by molar-refractivity contribution is 0.0691. The molecule has 72 valence electrons. The quantitative estimate of drug-likeness (QED) is 0.774. The highest BCUT2D eigenvalue weighted by molar-refractivity contribution is 6.29. The van der Waals surface area contributed by atoms with E-state index in [1.807, 2.05) is 0 Å². The molecule has 0 atom stereocenters. The van der Waals surface area contributed by atoms with Gasteiger partial charge >= 0.3 is 5.97 Å². The molecular weight excluding hydrogens is 206 g/mol. The van der Waals surface area contributed by atoms with Gasteiger partial charge in [-0.15, -0.1) is 0 Å². The lowest BCUT2D eigenvalue weighted by atomic mass is 10.3. The molecule has 6 heteroatoms. The summed E-state index contributed by atoms with van der Waals surface area (Å²) in [7, 11) is 0. The van der Waals surface area contributed by atoms with Crippen LogP contribution in [0.5, 0.6) is 0 Å². The first-order valence-electron chi connectivity index (χ1n) is 3.84. The monoisotopic (exact) mass is 211 g/mol. The Bertz CT molecular complexity index is 521. The van der Waals surface area contributed by atoms with Gasteiger partial charge in [0, 0.05) is 0 Å². The van der Waals surface area contributed by atoms with Crippen LogP contribution in [0, 0.1) is 6.92 Å². The fourth-order valence-corrected chi connectivity index (χ4v) is 1.44. The van der Waals surface area contributed by atoms with E-state index >= 15 is 0 Å². The average Bonchev–Trinajstić information content (AvgIpc) is 2.47. The Hall–Kier alpha value is -1.62. The van der Waals surface area contributed by atoms with Gasteiger partial charge in [0.05, 0.1) is 6.20 Å². The summed E-state index contributed by atoms with van der Waals surface area (Å²) in [5.74, 6) is -1.08. The smallest absolute Gasteiger partial charge is 0.356 e. The summed E-state index contributed by atoms with van der Waals surface area (Å²) in [5.41, 5.74) is 1.26. The number of imidazole rings is 1. The zero-order valence-corrected chi connectivity index (χ0v) is 7.99. The van der Waals surface area contributed by atoms with Gasteiger partial charge in [-0.3, -0.25) is 0 Å². The SMILES string of the molecule is Cc1cc(Cl)nn2cc(C(=O)O)nc12. The number of aryl methyl sites for hydroxylation is 1. The lowest BCUT2D eigenvalue weighted by Crippen LogP contribution is -1.95. The molecule has 2 aromatic heterocycles. The van der Waals surface area contributed by atoms with Crippen LogP contribution in [0.25, 0.3) is 5.65 Å². The first kappa shape index (κ1) is 8.96. The molecule has 0 saturated heterocycles. The molecule has 0 aromatic carbocycles. The Kier molecular flexibility index (Phi) is 1.89. The highest BCUT2D eigenvalue weighted by Crippen LogP contribution is 2.13. The fraction of sp³-hybridized carbons (Fsp3) is 0.125. The van der Waals surface area contributed by atoms with E-state index in [1.165, 1.54) is 10.7 Å². The van der Waals surface area contributed by atoms with E-state index < -0.39 is 5.97 Å². The largest absolute Gasteiger partial charge is 0.476 e. The minimum Gasteiger partial charge on any atom is -0.476 e. The third-order valence-corrected chi connectivity index (χ3v) is 1.98. The van der Waals surface area contributed by atoms with Crippen LogP contribution in [0.2, 0.25) is 5.15 Å². The maximum absolute atomic E-state index is 10.6. The zero-order chi connectivity index (χ0) is 10.3. The van der Waals surface area contributed by atoms with Gasteiger partial charge in [0.15, 0.2) is 11.3 Å². The minimum absolute atomic E-state index is 0.0390. The second-order valence-corrected chi connectivity index (χ2v) is 3.24. The minimum atomic E-state index is -1.08. The van der Waals surface area contributed by atoms with Gasteiger partial charge in [0.2, 0.25) is 0 Å². The Morgan fingerprint density at radius 2 is 2.36 bits per heavy atom. The molecule has 0 radical (unpaired) electrons. The van der Waals surface area contributed by atoms with Crippen LogP contribution in [0.3, 0.4) is 0 Å². The van der Waals surface area contributed by atoms with E-state index in [2.05, 4.69) is 10.1 Å². The van der Waals surface area contributed by atoms with Crippen LogP contribution in [-0.2, 0) is 0 Å². The molecule has 0 aliphatic rings. The Balaban J connectivity index is 2.76. The summed E-state index contributed by atoms with van der Waals surface area (Å²) in [5, 5.41) is 12.9. The van der Waals surface area contributed by atoms with Crippen molar-refractivity contribution in [1.82, 2.24) is 14.6 Å². The molecule has 0 bridgehead atoms. The highest BCUT2D eigenvalue weighted by Gasteiger charge is 2.11. The van der Waals surface area contributed by atoms with Gasteiger partial charge < -0.3 is 5.11 Å². The molecule has 0 amide bonds. The normalized spacial score (nSPS) is 10.7. The first-order valence-corrected chi connectivity index (χ1v) is 4.21. The molecule has 1 N–H and O–H groups in total. The maximum Gasteiger partial charge on any atom is 0.356 e. The van der Waals surface area contributed by atoms with Gasteiger partial charge in [-0.25, -0.2) is 14.3 Å². The van der Waals surface area contributed by atoms with Gasteiger partial charge in [0.1, 0.15) is 5.15 Å². The standard InChI is InChI=1S/C8H6ClN3O2/c1-4-2-6(9)11-12-3-5(8(13)14)10-7(4)12/h2-3H,1H3,(H,13,14). The van der Waals surface area contributed by atoms with Crippen LogP contribution in [-0.4, -0.2) is 25.7 Å². The van der Waals surface area contributed by atoms with Crippen LogP contribution in [0.4, 0.5) is 0 Å². The number of aromatic carboxylic acids is 1. The van der Waals surface area contributed by atoms with Gasteiger partial charge in [-0.2, -0.15) is 5.10 Å². The predicted molar refractivity (Wildman–Crippen MR) is 49.7 cm³/mol. The molecule has 0 aliphatic heterocycles. The number of hydrogen-bond donors (Lipinski definition) is 1. The van der Waals surface area contributed by atoms with E-state index in [1.54, 1.807) is 13.0 Å². The van der Waals surface area contributed by atoms with Crippen molar-refractivity contribution < 1.29 is 9.90 Å². The second kappa shape index (κ2) is 2.95. The second-order valence-electron chi connectivity index (χ2n) is 2.85. The van der Waals surface area contributed by atoms with E-state index in [-0.39, 0.29) is 5.69 Å². The van der Waals surface area contributed by atoms with E-state index in [4.69, 9.17) is 16.7 Å². The molecular formula is C8H6ClN3O2. The number of carbonyl (C=O) groups is 1. The van der Waals surface area contributed by atoms with Gasteiger partial charge in [-0.05, 0) is 18.6 Å². The van der Waals surface area contributed by atoms with Crippen molar-refractivity contribution in [2.45, 2.75) is 6.92 Å². The maximum atomic E-state index is 10.6. The average molecular weight is 212 g/mol. The van der Waals surface area contributed by atoms with Gasteiger partial charge in [0.25, 0.3) is 0 Å². The molecule has 2 rings (SSSR count). The van der Waals surface area contributed by atoms with Crippen molar-refractivity contribution in [2.75, 3.05) is 0 Å². The predicted octanol–water partition coefficient (Wildman–Crippen LogP) is 1.39. The summed E-state index contributed by atoms with van der Waals surface area (Å²) in [6.07, 6.45) is 1.33. The topological polar surface area (TPSA) is 67.5 Å². The van der Waals surface area contributed by atoms with E-state index in [9.17, 15) is 4.79 Å². The van der Waals surface area contributed by atoms with E-state index in [0.717, 1.165) is 5.56 Å². The molecule has 0 saturated carbocycles. The number of aromatic nitrogens is 3. The lowest BCUT2D eigenvalue weighted by Gasteiger charge is -1.96. The van der Waals surface area contributed by atoms with Crippen LogP contribution >= 0.6 is 11.6 Å². The fourth-order valence-electron chi connectivity index (χ4n) is 1.19. The molecule has 5 nitrogen and oxygen atoms in total. The van der Waals surface area contributed by atoms with Crippen molar-refractivity contribution >= 4 is 23.2 Å². The number of fused-ring (bicyclic) bond motifs is 1.